The molecule has 0 radical (unpaired) electrons. The zero-order valence-corrected chi connectivity index (χ0v) is 13.3. The molecule has 2 heterocycles. The highest BCUT2D eigenvalue weighted by atomic mass is 32.2. The van der Waals surface area contributed by atoms with E-state index in [2.05, 4.69) is 15.2 Å². The Labute approximate surface area is 136 Å². The third-order valence-electron chi connectivity index (χ3n) is 2.69. The van der Waals surface area contributed by atoms with Crippen LogP contribution in [0.25, 0.3) is 10.6 Å². The number of hydrogen-bond donors (Lipinski definition) is 0. The van der Waals surface area contributed by atoms with E-state index in [1.165, 1.54) is 46.6 Å². The maximum absolute atomic E-state index is 12.5. The first-order valence-corrected chi connectivity index (χ1v) is 8.78. The molecule has 0 spiro atoms. The molecule has 0 aliphatic heterocycles. The molecule has 0 unspecified atom stereocenters. The molecule has 114 valence electrons. The molecule has 0 saturated carbocycles. The van der Waals surface area contributed by atoms with Gasteiger partial charge < -0.3 is 0 Å². The van der Waals surface area contributed by atoms with E-state index >= 15 is 0 Å². The second-order valence-corrected chi connectivity index (χ2v) is 7.13. The number of rotatable bonds is 4. The van der Waals surface area contributed by atoms with Crippen molar-refractivity contribution in [1.82, 2.24) is 15.2 Å². The van der Waals surface area contributed by atoms with Crippen LogP contribution in [0.5, 0.6) is 0 Å². The molecule has 0 N–H and O–H groups in total. The summed E-state index contributed by atoms with van der Waals surface area (Å²) in [6.45, 7) is 0. The van der Waals surface area contributed by atoms with Crippen molar-refractivity contribution in [3.63, 3.8) is 0 Å². The molecular weight excluding hydrogens is 351 g/mol. The molecule has 3 aromatic rings. The van der Waals surface area contributed by atoms with E-state index in [-0.39, 0.29) is 0 Å². The maximum atomic E-state index is 12.5. The lowest BCUT2D eigenvalue weighted by Crippen LogP contribution is -2.03. The first-order chi connectivity index (χ1) is 10.5. The van der Waals surface area contributed by atoms with Crippen LogP contribution in [0, 0.1) is 0 Å². The van der Waals surface area contributed by atoms with Gasteiger partial charge in [0.15, 0.2) is 4.34 Å². The third kappa shape index (κ3) is 3.65. The highest BCUT2D eigenvalue weighted by Gasteiger charge is 2.30. The SMILES string of the molecule is FC(F)(F)c1ccc(-c2nc(CSc3nncs3)cs2)cc1. The standard InChI is InChI=1S/C13H8F3N3S3/c14-13(15,16)9-3-1-8(2-4-9)11-18-10(5-20-11)6-21-12-19-17-7-22-12/h1-5,7H,6H2. The average Bonchev–Trinajstić information content (AvgIpc) is 3.16. The summed E-state index contributed by atoms with van der Waals surface area (Å²) in [6.07, 6.45) is -4.31. The zero-order valence-electron chi connectivity index (χ0n) is 10.9. The maximum Gasteiger partial charge on any atom is 0.416 e. The number of hydrogen-bond acceptors (Lipinski definition) is 6. The van der Waals surface area contributed by atoms with Gasteiger partial charge in [-0.2, -0.15) is 13.2 Å². The first-order valence-electron chi connectivity index (χ1n) is 6.03. The fourth-order valence-corrected chi connectivity index (χ4v) is 3.98. The van der Waals surface area contributed by atoms with E-state index in [0.29, 0.717) is 16.3 Å². The fourth-order valence-electron chi connectivity index (χ4n) is 1.67. The van der Waals surface area contributed by atoms with Crippen LogP contribution in [0.2, 0.25) is 0 Å². The van der Waals surface area contributed by atoms with Crippen molar-refractivity contribution < 1.29 is 13.2 Å². The fraction of sp³-hybridized carbons (Fsp3) is 0.154. The minimum atomic E-state index is -4.31. The number of nitrogens with zero attached hydrogens (tertiary/aromatic N) is 3. The van der Waals surface area contributed by atoms with Gasteiger partial charge in [-0.1, -0.05) is 35.2 Å². The van der Waals surface area contributed by atoms with E-state index in [1.807, 2.05) is 5.38 Å². The number of halogens is 3. The molecule has 0 aliphatic carbocycles. The van der Waals surface area contributed by atoms with Crippen molar-refractivity contribution in [2.24, 2.45) is 0 Å². The summed E-state index contributed by atoms with van der Waals surface area (Å²) in [7, 11) is 0. The summed E-state index contributed by atoms with van der Waals surface area (Å²) in [4.78, 5) is 4.44. The van der Waals surface area contributed by atoms with Crippen LogP contribution in [-0.2, 0) is 11.9 Å². The van der Waals surface area contributed by atoms with Gasteiger partial charge in [0.25, 0.3) is 0 Å². The molecule has 22 heavy (non-hydrogen) atoms. The molecule has 0 fully saturated rings. The van der Waals surface area contributed by atoms with Crippen molar-refractivity contribution in [3.8, 4) is 10.6 Å². The molecular formula is C13H8F3N3S3. The quantitative estimate of drug-likeness (QED) is 0.616. The molecule has 3 nitrogen and oxygen atoms in total. The van der Waals surface area contributed by atoms with Gasteiger partial charge in [0.05, 0.1) is 11.3 Å². The summed E-state index contributed by atoms with van der Waals surface area (Å²) in [6, 6.07) is 5.05. The molecule has 9 heteroatoms. The van der Waals surface area contributed by atoms with Gasteiger partial charge in [-0.15, -0.1) is 21.5 Å². The lowest BCUT2D eigenvalue weighted by atomic mass is 10.1. The Morgan fingerprint density at radius 3 is 2.50 bits per heavy atom. The second kappa shape index (κ2) is 6.35. The molecule has 0 saturated heterocycles. The molecule has 2 aromatic heterocycles. The molecule has 3 rings (SSSR count). The van der Waals surface area contributed by atoms with Gasteiger partial charge in [-0.05, 0) is 12.1 Å². The number of benzene rings is 1. The Kier molecular flexibility index (Phi) is 4.46. The van der Waals surface area contributed by atoms with Crippen molar-refractivity contribution >= 4 is 34.4 Å². The van der Waals surface area contributed by atoms with Gasteiger partial charge in [0.2, 0.25) is 0 Å². The molecule has 1 aromatic carbocycles. The summed E-state index contributed by atoms with van der Waals surface area (Å²) in [5.41, 5.74) is 2.57. The van der Waals surface area contributed by atoms with Crippen molar-refractivity contribution in [1.29, 1.82) is 0 Å². The largest absolute Gasteiger partial charge is 0.416 e. The van der Waals surface area contributed by atoms with E-state index in [9.17, 15) is 13.2 Å². The predicted molar refractivity (Wildman–Crippen MR) is 82.0 cm³/mol. The van der Waals surface area contributed by atoms with E-state index in [1.54, 1.807) is 5.51 Å². The number of thiazole rings is 1. The van der Waals surface area contributed by atoms with Gasteiger partial charge in [-0.25, -0.2) is 4.98 Å². The van der Waals surface area contributed by atoms with E-state index in [4.69, 9.17) is 0 Å². The van der Waals surface area contributed by atoms with Crippen molar-refractivity contribution in [2.75, 3.05) is 0 Å². The number of thioether (sulfide) groups is 1. The highest BCUT2D eigenvalue weighted by molar-refractivity contribution is 8.00. The Balaban J connectivity index is 1.70. The lowest BCUT2D eigenvalue weighted by Gasteiger charge is -2.06. The Hall–Kier alpha value is -1.45. The molecule has 0 amide bonds. The highest BCUT2D eigenvalue weighted by Crippen LogP contribution is 2.32. The average molecular weight is 359 g/mol. The molecule has 0 atom stereocenters. The van der Waals surface area contributed by atoms with Crippen molar-refractivity contribution in [2.45, 2.75) is 16.3 Å². The molecule has 0 aliphatic rings. The Morgan fingerprint density at radius 2 is 1.86 bits per heavy atom. The molecule has 0 bridgehead atoms. The summed E-state index contributed by atoms with van der Waals surface area (Å²) in [5, 5.41) is 10.3. The summed E-state index contributed by atoms with van der Waals surface area (Å²) >= 11 is 4.41. The van der Waals surface area contributed by atoms with Gasteiger partial charge >= 0.3 is 6.18 Å². The van der Waals surface area contributed by atoms with Crippen LogP contribution in [-0.4, -0.2) is 15.2 Å². The minimum absolute atomic E-state index is 0.653. The first kappa shape index (κ1) is 15.4. The smallest absolute Gasteiger partial charge is 0.240 e. The van der Waals surface area contributed by atoms with Gasteiger partial charge in [-0.3, -0.25) is 0 Å². The van der Waals surface area contributed by atoms with E-state index in [0.717, 1.165) is 22.2 Å². The van der Waals surface area contributed by atoms with Gasteiger partial charge in [0, 0.05) is 16.7 Å². The normalized spacial score (nSPS) is 11.8. The number of aromatic nitrogens is 3. The predicted octanol–water partition coefficient (Wildman–Crippen LogP) is 4.97. The van der Waals surface area contributed by atoms with Crippen LogP contribution in [0.3, 0.4) is 0 Å². The zero-order chi connectivity index (χ0) is 15.6. The Bertz CT molecular complexity index is 736. The van der Waals surface area contributed by atoms with Crippen LogP contribution in [0.15, 0.2) is 39.5 Å². The lowest BCUT2D eigenvalue weighted by molar-refractivity contribution is -0.137. The Morgan fingerprint density at radius 1 is 1.09 bits per heavy atom. The monoisotopic (exact) mass is 359 g/mol. The topological polar surface area (TPSA) is 38.7 Å². The van der Waals surface area contributed by atoms with Gasteiger partial charge in [0.1, 0.15) is 10.5 Å². The number of alkyl halides is 3. The minimum Gasteiger partial charge on any atom is -0.240 e. The summed E-state index contributed by atoms with van der Waals surface area (Å²) in [5.74, 6) is 0.659. The van der Waals surface area contributed by atoms with Crippen LogP contribution < -0.4 is 0 Å². The van der Waals surface area contributed by atoms with Crippen LogP contribution in [0.1, 0.15) is 11.3 Å². The third-order valence-corrected chi connectivity index (χ3v) is 5.53. The van der Waals surface area contributed by atoms with Crippen LogP contribution >= 0.6 is 34.4 Å². The van der Waals surface area contributed by atoms with Crippen LogP contribution in [0.4, 0.5) is 13.2 Å². The second-order valence-electron chi connectivity index (χ2n) is 4.21. The van der Waals surface area contributed by atoms with Crippen molar-refractivity contribution in [3.05, 3.63) is 46.4 Å². The summed E-state index contributed by atoms with van der Waals surface area (Å²) < 4.78 is 38.5. The van der Waals surface area contributed by atoms with E-state index < -0.39 is 11.7 Å².